The van der Waals surface area contributed by atoms with E-state index in [-0.39, 0.29) is 18.1 Å². The van der Waals surface area contributed by atoms with Gasteiger partial charge in [-0.2, -0.15) is 0 Å². The van der Waals surface area contributed by atoms with Crippen molar-refractivity contribution in [1.29, 1.82) is 0 Å². The van der Waals surface area contributed by atoms with Crippen molar-refractivity contribution < 1.29 is 9.72 Å². The molecule has 0 aliphatic heterocycles. The Kier molecular flexibility index (Phi) is 4.03. The first kappa shape index (κ1) is 14.1. The van der Waals surface area contributed by atoms with Crippen LogP contribution in [0.25, 0.3) is 0 Å². The third-order valence-electron chi connectivity index (χ3n) is 2.81. The fourth-order valence-corrected chi connectivity index (χ4v) is 1.24. The predicted octanol–water partition coefficient (Wildman–Crippen LogP) is 1.83. The normalized spacial score (nSPS) is 11.1. The maximum Gasteiger partial charge on any atom is 0.271 e. The summed E-state index contributed by atoms with van der Waals surface area (Å²) in [6, 6.07) is 4.35. The molecule has 0 bridgehead atoms. The number of nitrogens with zero attached hydrogens (tertiary/aromatic N) is 1. The van der Waals surface area contributed by atoms with E-state index >= 15 is 0 Å². The van der Waals surface area contributed by atoms with Crippen molar-refractivity contribution in [3.8, 4) is 0 Å². The van der Waals surface area contributed by atoms with Crippen LogP contribution in [-0.2, 0) is 4.79 Å². The van der Waals surface area contributed by atoms with Gasteiger partial charge in [0.1, 0.15) is 0 Å². The summed E-state index contributed by atoms with van der Waals surface area (Å²) < 4.78 is 0. The first-order valence-electron chi connectivity index (χ1n) is 5.54. The Morgan fingerprint density at radius 2 is 2.11 bits per heavy atom. The molecule has 0 saturated carbocycles. The molecule has 0 heterocycles. The van der Waals surface area contributed by atoms with Crippen LogP contribution in [0.3, 0.4) is 0 Å². The zero-order chi connectivity index (χ0) is 13.9. The highest BCUT2D eigenvalue weighted by atomic mass is 16.6. The van der Waals surface area contributed by atoms with Crippen LogP contribution in [0.4, 0.5) is 11.4 Å². The van der Waals surface area contributed by atoms with Crippen molar-refractivity contribution in [2.24, 2.45) is 11.1 Å². The van der Waals surface area contributed by atoms with Crippen molar-refractivity contribution in [1.82, 2.24) is 0 Å². The zero-order valence-electron chi connectivity index (χ0n) is 10.7. The lowest BCUT2D eigenvalue weighted by molar-refractivity contribution is -0.384. The minimum absolute atomic E-state index is 0.0542. The maximum atomic E-state index is 11.9. The summed E-state index contributed by atoms with van der Waals surface area (Å²) in [7, 11) is 0. The molecule has 0 radical (unpaired) electrons. The SMILES string of the molecule is Cc1ccc([N+](=O)[O-])cc1NC(=O)C(C)(C)CN. The lowest BCUT2D eigenvalue weighted by Gasteiger charge is -2.21. The van der Waals surface area contributed by atoms with Gasteiger partial charge in [-0.3, -0.25) is 14.9 Å². The monoisotopic (exact) mass is 251 g/mol. The molecule has 0 aromatic heterocycles. The molecule has 6 nitrogen and oxygen atoms in total. The first-order valence-corrected chi connectivity index (χ1v) is 5.54. The van der Waals surface area contributed by atoms with Crippen LogP contribution in [0, 0.1) is 22.5 Å². The maximum absolute atomic E-state index is 11.9. The molecule has 98 valence electrons. The Bertz CT molecular complexity index is 483. The van der Waals surface area contributed by atoms with E-state index < -0.39 is 10.3 Å². The topological polar surface area (TPSA) is 98.3 Å². The number of nitro benzene ring substituents is 1. The number of hydrogen-bond donors (Lipinski definition) is 2. The molecule has 0 aliphatic carbocycles. The number of anilines is 1. The lowest BCUT2D eigenvalue weighted by atomic mass is 9.92. The highest BCUT2D eigenvalue weighted by Gasteiger charge is 2.26. The number of nitrogens with one attached hydrogen (secondary N) is 1. The Morgan fingerprint density at radius 3 is 2.61 bits per heavy atom. The summed E-state index contributed by atoms with van der Waals surface area (Å²) in [6.45, 7) is 5.41. The average molecular weight is 251 g/mol. The molecule has 1 aromatic carbocycles. The van der Waals surface area contributed by atoms with Crippen molar-refractivity contribution in [3.05, 3.63) is 33.9 Å². The van der Waals surface area contributed by atoms with Crippen molar-refractivity contribution in [2.45, 2.75) is 20.8 Å². The number of carbonyl (C=O) groups excluding carboxylic acids is 1. The van der Waals surface area contributed by atoms with Crippen LogP contribution in [-0.4, -0.2) is 17.4 Å². The molecule has 0 fully saturated rings. The zero-order valence-corrected chi connectivity index (χ0v) is 10.7. The van der Waals surface area contributed by atoms with Crippen LogP contribution in [0.5, 0.6) is 0 Å². The molecule has 0 unspecified atom stereocenters. The van der Waals surface area contributed by atoms with E-state index in [1.165, 1.54) is 12.1 Å². The number of amides is 1. The average Bonchev–Trinajstić information content (AvgIpc) is 2.31. The fourth-order valence-electron chi connectivity index (χ4n) is 1.24. The Labute approximate surface area is 105 Å². The molecular formula is C12H17N3O3. The van der Waals surface area contributed by atoms with Crippen molar-refractivity contribution in [2.75, 3.05) is 11.9 Å². The van der Waals surface area contributed by atoms with E-state index in [0.29, 0.717) is 5.69 Å². The van der Waals surface area contributed by atoms with Crippen LogP contribution in [0.15, 0.2) is 18.2 Å². The van der Waals surface area contributed by atoms with E-state index in [9.17, 15) is 14.9 Å². The van der Waals surface area contributed by atoms with E-state index in [2.05, 4.69) is 5.32 Å². The minimum atomic E-state index is -0.711. The van der Waals surface area contributed by atoms with Gasteiger partial charge in [0.2, 0.25) is 5.91 Å². The lowest BCUT2D eigenvalue weighted by Crippen LogP contribution is -2.37. The number of benzene rings is 1. The van der Waals surface area contributed by atoms with Gasteiger partial charge in [0.05, 0.1) is 16.0 Å². The van der Waals surface area contributed by atoms with Crippen LogP contribution >= 0.6 is 0 Å². The first-order chi connectivity index (χ1) is 8.27. The summed E-state index contributed by atoms with van der Waals surface area (Å²) in [4.78, 5) is 22.1. The largest absolute Gasteiger partial charge is 0.329 e. The van der Waals surface area contributed by atoms with Gasteiger partial charge >= 0.3 is 0 Å². The molecule has 0 spiro atoms. The number of non-ortho nitro benzene ring substituents is 1. The molecule has 1 aromatic rings. The van der Waals surface area contributed by atoms with E-state index in [1.807, 2.05) is 0 Å². The number of hydrogen-bond acceptors (Lipinski definition) is 4. The van der Waals surface area contributed by atoms with Crippen molar-refractivity contribution >= 4 is 17.3 Å². The number of carbonyl (C=O) groups is 1. The summed E-state index contributed by atoms with van der Waals surface area (Å²) in [5, 5.41) is 13.3. The fraction of sp³-hybridized carbons (Fsp3) is 0.417. The molecule has 0 aliphatic rings. The third kappa shape index (κ3) is 3.04. The Morgan fingerprint density at radius 1 is 1.50 bits per heavy atom. The van der Waals surface area contributed by atoms with Gasteiger partial charge in [-0.25, -0.2) is 0 Å². The summed E-state index contributed by atoms with van der Waals surface area (Å²) in [6.07, 6.45) is 0. The number of nitro groups is 1. The molecule has 1 amide bonds. The van der Waals surface area contributed by atoms with Gasteiger partial charge in [-0.05, 0) is 26.3 Å². The minimum Gasteiger partial charge on any atom is -0.329 e. The summed E-state index contributed by atoms with van der Waals surface area (Å²) in [5.74, 6) is -0.256. The molecular weight excluding hydrogens is 234 g/mol. The van der Waals surface area contributed by atoms with Gasteiger partial charge in [0.15, 0.2) is 0 Å². The summed E-state index contributed by atoms with van der Waals surface area (Å²) in [5.41, 5.74) is 5.95. The number of aryl methyl sites for hydroxylation is 1. The van der Waals surface area contributed by atoms with E-state index in [0.717, 1.165) is 5.56 Å². The van der Waals surface area contributed by atoms with Gasteiger partial charge in [0.25, 0.3) is 5.69 Å². The Balaban J connectivity index is 3.01. The highest BCUT2D eigenvalue weighted by Crippen LogP contribution is 2.24. The van der Waals surface area contributed by atoms with Crippen LogP contribution < -0.4 is 11.1 Å². The Hall–Kier alpha value is -1.95. The second-order valence-corrected chi connectivity index (χ2v) is 4.80. The third-order valence-corrected chi connectivity index (χ3v) is 2.81. The number of nitrogens with two attached hydrogens (primary N) is 1. The van der Waals surface area contributed by atoms with Gasteiger partial charge in [0, 0.05) is 18.7 Å². The van der Waals surface area contributed by atoms with Gasteiger partial charge < -0.3 is 11.1 Å². The highest BCUT2D eigenvalue weighted by molar-refractivity contribution is 5.95. The smallest absolute Gasteiger partial charge is 0.271 e. The van der Waals surface area contributed by atoms with Crippen LogP contribution in [0.1, 0.15) is 19.4 Å². The molecule has 0 atom stereocenters. The molecule has 0 saturated heterocycles. The molecule has 1 rings (SSSR count). The summed E-state index contributed by atoms with van der Waals surface area (Å²) >= 11 is 0. The predicted molar refractivity (Wildman–Crippen MR) is 69.3 cm³/mol. The van der Waals surface area contributed by atoms with Crippen molar-refractivity contribution in [3.63, 3.8) is 0 Å². The molecule has 18 heavy (non-hydrogen) atoms. The second kappa shape index (κ2) is 5.14. The molecule has 3 N–H and O–H groups in total. The van der Waals surface area contributed by atoms with Crippen LogP contribution in [0.2, 0.25) is 0 Å². The second-order valence-electron chi connectivity index (χ2n) is 4.80. The standard InChI is InChI=1S/C12H17N3O3/c1-8-4-5-9(15(17)18)6-10(8)14-11(16)12(2,3)7-13/h4-6H,7,13H2,1-3H3,(H,14,16). The quantitative estimate of drug-likeness (QED) is 0.630. The molecule has 6 heteroatoms. The van der Waals surface area contributed by atoms with Gasteiger partial charge in [-0.15, -0.1) is 0 Å². The van der Waals surface area contributed by atoms with Gasteiger partial charge in [-0.1, -0.05) is 6.07 Å². The number of rotatable bonds is 4. The van der Waals surface area contributed by atoms with E-state index in [1.54, 1.807) is 26.8 Å². The van der Waals surface area contributed by atoms with E-state index in [4.69, 9.17) is 5.73 Å².